The molecule has 2 atom stereocenters. The number of benzene rings is 2. The van der Waals surface area contributed by atoms with E-state index in [0.29, 0.717) is 18.3 Å². The molecule has 1 aliphatic rings. The second-order valence-corrected chi connectivity index (χ2v) is 9.32. The Morgan fingerprint density at radius 2 is 1.74 bits per heavy atom. The summed E-state index contributed by atoms with van der Waals surface area (Å²) in [5, 5.41) is 18.3. The minimum atomic E-state index is -1.53. The fourth-order valence-corrected chi connectivity index (χ4v) is 4.08. The van der Waals surface area contributed by atoms with E-state index < -0.39 is 24.0 Å². The lowest BCUT2D eigenvalue weighted by molar-refractivity contribution is -0.144. The zero-order valence-electron chi connectivity index (χ0n) is 20.7. The summed E-state index contributed by atoms with van der Waals surface area (Å²) in [4.78, 5) is 35.8. The standard InChI is InChI=1S/C29H29N5O4/c35-26(29(37)33-38-19-21-13-14-21)25(18-20-8-3-1-4-9-20)31-28(36)23-12-7-16-30-27(23)34-17-15-24(32-34)22-10-5-2-6-11-22/h1-12,15-17,21,25-26,35H,13-14,18-19H2,(H,31,36)(H,33,37). The lowest BCUT2D eigenvalue weighted by atomic mass is 10.00. The number of nitrogens with one attached hydrogen (secondary N) is 2. The van der Waals surface area contributed by atoms with E-state index in [0.717, 1.165) is 29.7 Å². The predicted octanol–water partition coefficient (Wildman–Crippen LogP) is 3.09. The number of hydrogen-bond donors (Lipinski definition) is 3. The Balaban J connectivity index is 1.35. The Morgan fingerprint density at radius 1 is 1.00 bits per heavy atom. The first-order valence-electron chi connectivity index (χ1n) is 12.6. The summed E-state index contributed by atoms with van der Waals surface area (Å²) < 4.78 is 1.54. The van der Waals surface area contributed by atoms with Crippen LogP contribution in [0.15, 0.2) is 91.3 Å². The summed E-state index contributed by atoms with van der Waals surface area (Å²) in [6.07, 6.45) is 4.16. The molecule has 0 bridgehead atoms. The summed E-state index contributed by atoms with van der Waals surface area (Å²) in [6, 6.07) is 23.3. The quantitative estimate of drug-likeness (QED) is 0.266. The highest BCUT2D eigenvalue weighted by Gasteiger charge is 2.30. The number of amides is 2. The highest BCUT2D eigenvalue weighted by Crippen LogP contribution is 2.28. The molecule has 3 N–H and O–H groups in total. The first kappa shape index (κ1) is 25.3. The van der Waals surface area contributed by atoms with Gasteiger partial charge in [-0.25, -0.2) is 15.1 Å². The van der Waals surface area contributed by atoms with Crippen molar-refractivity contribution in [2.75, 3.05) is 6.61 Å². The maximum absolute atomic E-state index is 13.5. The van der Waals surface area contributed by atoms with Gasteiger partial charge in [0.1, 0.15) is 0 Å². The van der Waals surface area contributed by atoms with Crippen molar-refractivity contribution in [3.8, 4) is 17.1 Å². The molecule has 1 fully saturated rings. The van der Waals surface area contributed by atoms with Gasteiger partial charge in [-0.3, -0.25) is 14.4 Å². The minimum absolute atomic E-state index is 0.235. The normalized spacial score (nSPS) is 14.4. The second-order valence-electron chi connectivity index (χ2n) is 9.32. The Morgan fingerprint density at radius 3 is 2.47 bits per heavy atom. The van der Waals surface area contributed by atoms with Crippen LogP contribution >= 0.6 is 0 Å². The van der Waals surface area contributed by atoms with E-state index >= 15 is 0 Å². The van der Waals surface area contributed by atoms with Crippen LogP contribution < -0.4 is 10.8 Å². The van der Waals surface area contributed by atoms with E-state index in [1.165, 1.54) is 4.68 Å². The van der Waals surface area contributed by atoms with E-state index in [1.54, 1.807) is 24.5 Å². The SMILES string of the molecule is O=C(NC(Cc1ccccc1)C(O)C(=O)NOCC1CC1)c1cccnc1-n1ccc(-c2ccccc2)n1. The summed E-state index contributed by atoms with van der Waals surface area (Å²) in [5.41, 5.74) is 5.11. The van der Waals surface area contributed by atoms with Crippen molar-refractivity contribution in [3.63, 3.8) is 0 Å². The number of aliphatic hydroxyl groups is 1. The first-order chi connectivity index (χ1) is 18.6. The maximum Gasteiger partial charge on any atom is 0.274 e. The molecule has 0 aliphatic heterocycles. The predicted molar refractivity (Wildman–Crippen MR) is 141 cm³/mol. The molecule has 1 saturated carbocycles. The number of pyridine rings is 1. The Labute approximate surface area is 220 Å². The van der Waals surface area contributed by atoms with Gasteiger partial charge in [0.25, 0.3) is 11.8 Å². The summed E-state index contributed by atoms with van der Waals surface area (Å²) in [5.74, 6) is -0.423. The Bertz CT molecular complexity index is 1370. The highest BCUT2D eigenvalue weighted by atomic mass is 16.7. The van der Waals surface area contributed by atoms with Gasteiger partial charge in [-0.05, 0) is 48.9 Å². The van der Waals surface area contributed by atoms with Crippen LogP contribution in [0, 0.1) is 5.92 Å². The minimum Gasteiger partial charge on any atom is -0.381 e. The number of nitrogens with zero attached hydrogens (tertiary/aromatic N) is 3. The molecule has 38 heavy (non-hydrogen) atoms. The van der Waals surface area contributed by atoms with Crippen molar-refractivity contribution < 1.29 is 19.5 Å². The molecule has 2 aromatic carbocycles. The monoisotopic (exact) mass is 511 g/mol. The maximum atomic E-state index is 13.5. The zero-order chi connectivity index (χ0) is 26.3. The largest absolute Gasteiger partial charge is 0.381 e. The smallest absolute Gasteiger partial charge is 0.274 e. The third-order valence-electron chi connectivity index (χ3n) is 6.36. The number of hydroxylamine groups is 1. The van der Waals surface area contributed by atoms with Crippen LogP contribution in [-0.2, 0) is 16.1 Å². The summed E-state index contributed by atoms with van der Waals surface area (Å²) in [7, 11) is 0. The molecular formula is C29H29N5O4. The topological polar surface area (TPSA) is 118 Å². The first-order valence-corrected chi connectivity index (χ1v) is 12.6. The van der Waals surface area contributed by atoms with Gasteiger partial charge in [-0.1, -0.05) is 60.7 Å². The van der Waals surface area contributed by atoms with Crippen molar-refractivity contribution in [1.29, 1.82) is 0 Å². The number of carbonyl (C=O) groups is 2. The molecule has 2 aromatic heterocycles. The van der Waals surface area contributed by atoms with E-state index in [-0.39, 0.29) is 12.0 Å². The van der Waals surface area contributed by atoms with Crippen LogP contribution in [0.25, 0.3) is 17.1 Å². The van der Waals surface area contributed by atoms with E-state index in [1.807, 2.05) is 66.7 Å². The third-order valence-corrected chi connectivity index (χ3v) is 6.36. The van der Waals surface area contributed by atoms with Crippen LogP contribution in [0.1, 0.15) is 28.8 Å². The van der Waals surface area contributed by atoms with Gasteiger partial charge in [-0.15, -0.1) is 0 Å². The molecule has 0 radical (unpaired) electrons. The molecule has 0 spiro atoms. The van der Waals surface area contributed by atoms with Gasteiger partial charge < -0.3 is 10.4 Å². The molecule has 9 heteroatoms. The van der Waals surface area contributed by atoms with Crippen molar-refractivity contribution in [1.82, 2.24) is 25.6 Å². The molecule has 9 nitrogen and oxygen atoms in total. The van der Waals surface area contributed by atoms with Gasteiger partial charge in [0, 0.05) is 18.0 Å². The van der Waals surface area contributed by atoms with Crippen molar-refractivity contribution >= 4 is 11.8 Å². The van der Waals surface area contributed by atoms with Gasteiger partial charge in [0.05, 0.1) is 23.9 Å². The average molecular weight is 512 g/mol. The van der Waals surface area contributed by atoms with E-state index in [2.05, 4.69) is 20.9 Å². The molecule has 5 rings (SSSR count). The lowest BCUT2D eigenvalue weighted by Gasteiger charge is -2.24. The number of aromatic nitrogens is 3. The van der Waals surface area contributed by atoms with E-state index in [9.17, 15) is 14.7 Å². The fraction of sp³-hybridized carbons (Fsp3) is 0.241. The van der Waals surface area contributed by atoms with Crippen LogP contribution in [-0.4, -0.2) is 50.4 Å². The van der Waals surface area contributed by atoms with Crippen LogP contribution in [0.5, 0.6) is 0 Å². The second kappa shape index (κ2) is 11.8. The molecular weight excluding hydrogens is 482 g/mol. The van der Waals surface area contributed by atoms with Gasteiger partial charge in [0.2, 0.25) is 0 Å². The van der Waals surface area contributed by atoms with Crippen molar-refractivity contribution in [2.45, 2.75) is 31.4 Å². The molecule has 0 saturated heterocycles. The van der Waals surface area contributed by atoms with E-state index in [4.69, 9.17) is 4.84 Å². The van der Waals surface area contributed by atoms with Crippen LogP contribution in [0.3, 0.4) is 0 Å². The number of hydrogen-bond acceptors (Lipinski definition) is 6. The zero-order valence-corrected chi connectivity index (χ0v) is 20.7. The molecule has 1 aliphatic carbocycles. The number of carbonyl (C=O) groups excluding carboxylic acids is 2. The van der Waals surface area contributed by atoms with Gasteiger partial charge >= 0.3 is 0 Å². The van der Waals surface area contributed by atoms with Crippen molar-refractivity contribution in [3.05, 3.63) is 102 Å². The molecule has 2 heterocycles. The van der Waals surface area contributed by atoms with Crippen molar-refractivity contribution in [2.24, 2.45) is 5.92 Å². The summed E-state index contributed by atoms with van der Waals surface area (Å²) >= 11 is 0. The molecule has 2 amide bonds. The highest BCUT2D eigenvalue weighted by molar-refractivity contribution is 5.97. The Hall–Kier alpha value is -4.34. The summed E-state index contributed by atoms with van der Waals surface area (Å²) in [6.45, 7) is 0.405. The average Bonchev–Trinajstić information content (AvgIpc) is 3.65. The Kier molecular flexibility index (Phi) is 7.86. The number of rotatable bonds is 11. The van der Waals surface area contributed by atoms with Gasteiger partial charge in [0.15, 0.2) is 11.9 Å². The van der Waals surface area contributed by atoms with Crippen LogP contribution in [0.4, 0.5) is 0 Å². The molecule has 2 unspecified atom stereocenters. The molecule has 194 valence electrons. The lowest BCUT2D eigenvalue weighted by Crippen LogP contribution is -2.51. The fourth-order valence-electron chi connectivity index (χ4n) is 4.08. The van der Waals surface area contributed by atoms with Gasteiger partial charge in [-0.2, -0.15) is 5.10 Å². The van der Waals surface area contributed by atoms with Crippen LogP contribution in [0.2, 0.25) is 0 Å². The molecule has 4 aromatic rings. The third kappa shape index (κ3) is 6.31. The number of aliphatic hydroxyl groups excluding tert-OH is 1.